The van der Waals surface area contributed by atoms with Crippen LogP contribution in [0.5, 0.6) is 0 Å². The molecule has 0 aliphatic carbocycles. The first-order chi connectivity index (χ1) is 24.6. The lowest BCUT2D eigenvalue weighted by molar-refractivity contribution is -0.870. The molecule has 0 spiro atoms. The average molecular weight is 739 g/mol. The zero-order valence-corrected chi connectivity index (χ0v) is 34.2. The van der Waals surface area contributed by atoms with Gasteiger partial charge in [0.1, 0.15) is 19.3 Å². The van der Waals surface area contributed by atoms with Gasteiger partial charge >= 0.3 is 13.8 Å². The second-order valence-corrected chi connectivity index (χ2v) is 15.7. The van der Waals surface area contributed by atoms with E-state index in [4.69, 9.17) is 18.5 Å². The van der Waals surface area contributed by atoms with E-state index in [0.717, 1.165) is 64.2 Å². The Balaban J connectivity index is 3.89. The standard InChI is InChI=1S/C42H76NO7P/c1-6-8-10-11-12-13-14-15-16-17-18-19-20-21-22-23-24-25-26-27-28-29-30-31-32-34-37-47-39-41(50-42(44)35-33-9-7-2)40-49-51(45,46)48-38-36-43(3,4)5/h8,10,12-13,15-16,18-19,21-22,41H,6-7,9,11,14,17,20,23-40H2,1-5H3/p+1/b10-8-,13-12-,16-15-,19-18-,22-21-. The van der Waals surface area contributed by atoms with Gasteiger partial charge in [-0.1, -0.05) is 139 Å². The maximum Gasteiger partial charge on any atom is 0.472 e. The van der Waals surface area contributed by atoms with Crippen molar-refractivity contribution in [3.8, 4) is 0 Å². The van der Waals surface area contributed by atoms with E-state index in [1.165, 1.54) is 57.8 Å². The largest absolute Gasteiger partial charge is 0.472 e. The van der Waals surface area contributed by atoms with Crippen molar-refractivity contribution in [3.63, 3.8) is 0 Å². The molecule has 1 N–H and O–H groups in total. The molecule has 9 heteroatoms. The molecule has 0 aromatic rings. The minimum absolute atomic E-state index is 0.0850. The predicted molar refractivity (Wildman–Crippen MR) is 215 cm³/mol. The van der Waals surface area contributed by atoms with Gasteiger partial charge in [-0.3, -0.25) is 13.8 Å². The monoisotopic (exact) mass is 739 g/mol. The third kappa shape index (κ3) is 39.2. The summed E-state index contributed by atoms with van der Waals surface area (Å²) in [5.74, 6) is -0.343. The van der Waals surface area contributed by atoms with E-state index in [0.29, 0.717) is 24.1 Å². The molecule has 0 radical (unpaired) electrons. The van der Waals surface area contributed by atoms with Gasteiger partial charge in [0, 0.05) is 13.0 Å². The van der Waals surface area contributed by atoms with Crippen molar-refractivity contribution in [2.75, 3.05) is 54.1 Å². The number of allylic oxidation sites excluding steroid dienone is 10. The molecule has 0 amide bonds. The summed E-state index contributed by atoms with van der Waals surface area (Å²) >= 11 is 0. The van der Waals surface area contributed by atoms with Crippen molar-refractivity contribution in [2.24, 2.45) is 0 Å². The molecule has 51 heavy (non-hydrogen) atoms. The van der Waals surface area contributed by atoms with E-state index in [1.807, 2.05) is 21.1 Å². The van der Waals surface area contributed by atoms with E-state index >= 15 is 0 Å². The quantitative estimate of drug-likeness (QED) is 0.0225. The van der Waals surface area contributed by atoms with Gasteiger partial charge in [-0.2, -0.15) is 0 Å². The molecule has 0 aromatic carbocycles. The molecule has 296 valence electrons. The Hall–Kier alpha value is -1.80. The van der Waals surface area contributed by atoms with Crippen LogP contribution in [-0.4, -0.2) is 75.6 Å². The molecule has 2 atom stereocenters. The van der Waals surface area contributed by atoms with Crippen LogP contribution in [0.2, 0.25) is 0 Å². The molecule has 0 heterocycles. The zero-order valence-electron chi connectivity index (χ0n) is 33.3. The maximum absolute atomic E-state index is 12.3. The van der Waals surface area contributed by atoms with Gasteiger partial charge in [0.15, 0.2) is 0 Å². The van der Waals surface area contributed by atoms with Crippen LogP contribution in [0.15, 0.2) is 60.8 Å². The molecule has 0 bridgehead atoms. The van der Waals surface area contributed by atoms with Crippen molar-refractivity contribution < 1.29 is 37.3 Å². The molecular weight excluding hydrogens is 661 g/mol. The van der Waals surface area contributed by atoms with Crippen LogP contribution in [0.3, 0.4) is 0 Å². The summed E-state index contributed by atoms with van der Waals surface area (Å²) in [4.78, 5) is 22.3. The number of unbranched alkanes of at least 4 members (excludes halogenated alkanes) is 12. The summed E-state index contributed by atoms with van der Waals surface area (Å²) in [6.45, 7) is 5.30. The maximum atomic E-state index is 12.3. The fourth-order valence-electron chi connectivity index (χ4n) is 4.99. The zero-order chi connectivity index (χ0) is 37.7. The second kappa shape index (κ2) is 35.2. The molecular formula is C42H77NO7P+. The highest BCUT2D eigenvalue weighted by Gasteiger charge is 2.26. The van der Waals surface area contributed by atoms with Crippen LogP contribution in [-0.2, 0) is 27.9 Å². The molecule has 0 saturated heterocycles. The highest BCUT2D eigenvalue weighted by molar-refractivity contribution is 7.47. The van der Waals surface area contributed by atoms with Crippen LogP contribution in [0.4, 0.5) is 0 Å². The van der Waals surface area contributed by atoms with Crippen LogP contribution in [0.25, 0.3) is 0 Å². The number of nitrogens with zero attached hydrogens (tertiary/aromatic N) is 1. The van der Waals surface area contributed by atoms with Gasteiger partial charge in [0.05, 0.1) is 34.4 Å². The number of quaternary nitrogens is 1. The summed E-state index contributed by atoms with van der Waals surface area (Å²) in [5.41, 5.74) is 0. The number of hydrogen-bond donors (Lipinski definition) is 1. The summed E-state index contributed by atoms with van der Waals surface area (Å²) in [7, 11) is 1.65. The second-order valence-electron chi connectivity index (χ2n) is 14.3. The van der Waals surface area contributed by atoms with Crippen LogP contribution >= 0.6 is 7.82 Å². The van der Waals surface area contributed by atoms with E-state index in [9.17, 15) is 14.3 Å². The number of carbonyl (C=O) groups is 1. The summed E-state index contributed by atoms with van der Waals surface area (Å²) < 4.78 is 34.5. The summed E-state index contributed by atoms with van der Waals surface area (Å²) in [6.07, 6.45) is 43.4. The van der Waals surface area contributed by atoms with Gasteiger partial charge in [-0.15, -0.1) is 0 Å². The lowest BCUT2D eigenvalue weighted by Gasteiger charge is -2.24. The summed E-state index contributed by atoms with van der Waals surface area (Å²) in [5, 5.41) is 0. The normalized spacial score (nSPS) is 14.5. The smallest absolute Gasteiger partial charge is 0.457 e. The molecule has 2 unspecified atom stereocenters. The number of likely N-dealkylation sites (N-methyl/N-ethyl adjacent to an activating group) is 1. The Morgan fingerprint density at radius 3 is 1.67 bits per heavy atom. The first kappa shape index (κ1) is 49.2. The molecule has 0 aromatic heterocycles. The number of esters is 1. The molecule has 8 nitrogen and oxygen atoms in total. The van der Waals surface area contributed by atoms with E-state index in [1.54, 1.807) is 0 Å². The SMILES string of the molecule is CC/C=C\C/C=C\C/C=C\C/C=C\C/C=C\CCCCCCCCCCCCOCC(COP(=O)(O)OCC[N+](C)(C)C)OC(=O)CCCCC. The Morgan fingerprint density at radius 1 is 0.627 bits per heavy atom. The Labute approximate surface area is 313 Å². The third-order valence-corrected chi connectivity index (χ3v) is 9.08. The van der Waals surface area contributed by atoms with E-state index in [-0.39, 0.29) is 25.8 Å². The van der Waals surface area contributed by atoms with Crippen molar-refractivity contribution in [1.82, 2.24) is 0 Å². The Kier molecular flexibility index (Phi) is 34.0. The Morgan fingerprint density at radius 2 is 1.14 bits per heavy atom. The molecule has 0 saturated carbocycles. The number of phosphoric ester groups is 1. The van der Waals surface area contributed by atoms with Gasteiger partial charge in [0.25, 0.3) is 0 Å². The topological polar surface area (TPSA) is 91.3 Å². The number of hydrogen-bond acceptors (Lipinski definition) is 6. The predicted octanol–water partition coefficient (Wildman–Crippen LogP) is 11.4. The molecule has 0 aliphatic rings. The highest BCUT2D eigenvalue weighted by Crippen LogP contribution is 2.43. The van der Waals surface area contributed by atoms with Crippen LogP contribution < -0.4 is 0 Å². The minimum Gasteiger partial charge on any atom is -0.457 e. The lowest BCUT2D eigenvalue weighted by atomic mass is 10.1. The first-order valence-electron chi connectivity index (χ1n) is 20.0. The minimum atomic E-state index is -4.25. The van der Waals surface area contributed by atoms with Crippen molar-refractivity contribution in [1.29, 1.82) is 0 Å². The molecule has 0 aliphatic heterocycles. The molecule has 0 rings (SSSR count). The number of carbonyl (C=O) groups excluding carboxylic acids is 1. The van der Waals surface area contributed by atoms with E-state index in [2.05, 4.69) is 74.6 Å². The Bertz CT molecular complexity index is 1000. The van der Waals surface area contributed by atoms with Gasteiger partial charge in [0.2, 0.25) is 0 Å². The highest BCUT2D eigenvalue weighted by atomic mass is 31.2. The number of rotatable bonds is 36. The summed E-state index contributed by atoms with van der Waals surface area (Å²) in [6, 6.07) is 0. The fourth-order valence-corrected chi connectivity index (χ4v) is 5.73. The molecule has 0 fully saturated rings. The van der Waals surface area contributed by atoms with Crippen molar-refractivity contribution >= 4 is 13.8 Å². The van der Waals surface area contributed by atoms with E-state index < -0.39 is 13.9 Å². The lowest BCUT2D eigenvalue weighted by Crippen LogP contribution is -2.37. The van der Waals surface area contributed by atoms with Gasteiger partial charge in [-0.05, 0) is 57.8 Å². The number of ether oxygens (including phenoxy) is 2. The third-order valence-electron chi connectivity index (χ3n) is 8.09. The van der Waals surface area contributed by atoms with Crippen molar-refractivity contribution in [3.05, 3.63) is 60.8 Å². The fraction of sp³-hybridized carbons (Fsp3) is 0.738. The van der Waals surface area contributed by atoms with Crippen LogP contribution in [0.1, 0.15) is 142 Å². The van der Waals surface area contributed by atoms with Crippen molar-refractivity contribution in [2.45, 2.75) is 148 Å². The number of phosphoric acid groups is 1. The van der Waals surface area contributed by atoms with Crippen LogP contribution in [0, 0.1) is 0 Å². The van der Waals surface area contributed by atoms with Gasteiger partial charge in [-0.25, -0.2) is 4.57 Å². The van der Waals surface area contributed by atoms with Gasteiger partial charge < -0.3 is 18.9 Å². The first-order valence-corrected chi connectivity index (χ1v) is 21.5. The average Bonchev–Trinajstić information content (AvgIpc) is 3.07.